The summed E-state index contributed by atoms with van der Waals surface area (Å²) < 4.78 is 16.5. The monoisotopic (exact) mass is 298 g/mol. The van der Waals surface area contributed by atoms with Gasteiger partial charge in [-0.3, -0.25) is 4.79 Å². The van der Waals surface area contributed by atoms with Crippen LogP contribution in [0.25, 0.3) is 0 Å². The van der Waals surface area contributed by atoms with Crippen molar-refractivity contribution in [2.75, 3.05) is 19.8 Å². The van der Waals surface area contributed by atoms with Gasteiger partial charge in [0.15, 0.2) is 0 Å². The van der Waals surface area contributed by atoms with Gasteiger partial charge in [0.2, 0.25) is 0 Å². The summed E-state index contributed by atoms with van der Waals surface area (Å²) in [6, 6.07) is 0. The highest BCUT2D eigenvalue weighted by Crippen LogP contribution is 2.34. The van der Waals surface area contributed by atoms with E-state index in [0.717, 1.165) is 19.3 Å². The predicted molar refractivity (Wildman–Crippen MR) is 82.9 cm³/mol. The molecule has 0 atom stereocenters. The second-order valence-electron chi connectivity index (χ2n) is 6.72. The van der Waals surface area contributed by atoms with E-state index in [1.165, 1.54) is 12.8 Å². The van der Waals surface area contributed by atoms with Crippen molar-refractivity contribution < 1.29 is 19.0 Å². The molecule has 0 heterocycles. The molecule has 0 aromatic rings. The van der Waals surface area contributed by atoms with Crippen LogP contribution in [0.2, 0.25) is 0 Å². The molecule has 0 radical (unpaired) electrons. The number of carbonyl (C=O) groups excluding carboxylic acids is 1. The lowest BCUT2D eigenvalue weighted by Crippen LogP contribution is -2.27. The Morgan fingerprint density at radius 1 is 1.24 bits per heavy atom. The molecule has 0 amide bonds. The van der Waals surface area contributed by atoms with Crippen molar-refractivity contribution in [1.29, 1.82) is 0 Å². The maximum absolute atomic E-state index is 11.7. The molecule has 1 saturated carbocycles. The van der Waals surface area contributed by atoms with Gasteiger partial charge in [0.1, 0.15) is 24.6 Å². The highest BCUT2D eigenvalue weighted by molar-refractivity contribution is 5.75. The van der Waals surface area contributed by atoms with Crippen molar-refractivity contribution in [3.63, 3.8) is 0 Å². The Labute approximate surface area is 128 Å². The Hall–Kier alpha value is -1.03. The van der Waals surface area contributed by atoms with Crippen molar-refractivity contribution >= 4 is 5.97 Å². The van der Waals surface area contributed by atoms with Crippen LogP contribution in [0.15, 0.2) is 12.3 Å². The molecular weight excluding hydrogens is 268 g/mol. The number of rotatable bonds is 9. The van der Waals surface area contributed by atoms with Crippen molar-refractivity contribution in [3.8, 4) is 0 Å². The lowest BCUT2D eigenvalue weighted by molar-refractivity contribution is -0.155. The molecule has 0 unspecified atom stereocenters. The third-order valence-corrected chi connectivity index (χ3v) is 4.21. The standard InChI is InChI=1S/C17H30O4/c1-6-16(3,4)15(18)20-12-11-19-13-14(2)21-17(5)9-7-8-10-17/h2,6-13H2,1,3-5H3. The van der Waals surface area contributed by atoms with Crippen molar-refractivity contribution in [1.82, 2.24) is 0 Å². The minimum Gasteiger partial charge on any atom is -0.490 e. The van der Waals surface area contributed by atoms with Crippen LogP contribution in [0.5, 0.6) is 0 Å². The zero-order chi connectivity index (χ0) is 15.9. The molecule has 1 rings (SSSR count). The molecule has 4 heteroatoms. The Balaban J connectivity index is 2.11. The molecule has 0 aromatic heterocycles. The van der Waals surface area contributed by atoms with E-state index >= 15 is 0 Å². The number of hydrogen-bond donors (Lipinski definition) is 0. The zero-order valence-corrected chi connectivity index (χ0v) is 14.0. The van der Waals surface area contributed by atoms with Gasteiger partial charge in [-0.2, -0.15) is 0 Å². The Bertz CT molecular complexity index is 354. The number of esters is 1. The van der Waals surface area contributed by atoms with Crippen LogP contribution < -0.4 is 0 Å². The minimum atomic E-state index is -0.427. The second kappa shape index (κ2) is 7.83. The van der Waals surface area contributed by atoms with Gasteiger partial charge in [-0.25, -0.2) is 0 Å². The van der Waals surface area contributed by atoms with E-state index in [9.17, 15) is 4.79 Å². The van der Waals surface area contributed by atoms with Gasteiger partial charge in [0, 0.05) is 0 Å². The number of hydrogen-bond acceptors (Lipinski definition) is 4. The molecule has 0 N–H and O–H groups in total. The van der Waals surface area contributed by atoms with Gasteiger partial charge in [0.25, 0.3) is 0 Å². The lowest BCUT2D eigenvalue weighted by atomic mass is 9.91. The summed E-state index contributed by atoms with van der Waals surface area (Å²) in [6.07, 6.45) is 5.35. The summed E-state index contributed by atoms with van der Waals surface area (Å²) >= 11 is 0. The fraction of sp³-hybridized carbons (Fsp3) is 0.824. The molecule has 0 aliphatic heterocycles. The van der Waals surface area contributed by atoms with Crippen molar-refractivity contribution in [3.05, 3.63) is 12.3 Å². The molecular formula is C17H30O4. The van der Waals surface area contributed by atoms with Crippen LogP contribution in [0.3, 0.4) is 0 Å². The zero-order valence-electron chi connectivity index (χ0n) is 14.0. The van der Waals surface area contributed by atoms with Gasteiger partial charge in [-0.05, 0) is 52.9 Å². The lowest BCUT2D eigenvalue weighted by Gasteiger charge is -2.26. The highest BCUT2D eigenvalue weighted by atomic mass is 16.6. The quantitative estimate of drug-likeness (QED) is 0.368. The third kappa shape index (κ3) is 6.08. The topological polar surface area (TPSA) is 44.8 Å². The fourth-order valence-corrected chi connectivity index (χ4v) is 2.32. The van der Waals surface area contributed by atoms with Crippen molar-refractivity contribution in [2.45, 2.75) is 65.4 Å². The molecule has 1 aliphatic carbocycles. The van der Waals surface area contributed by atoms with E-state index < -0.39 is 5.41 Å². The Morgan fingerprint density at radius 2 is 1.86 bits per heavy atom. The summed E-state index contributed by atoms with van der Waals surface area (Å²) in [4.78, 5) is 11.7. The molecule has 0 aromatic carbocycles. The SMILES string of the molecule is C=C(COCCOC(=O)C(C)(C)CC)OC1(C)CCCC1. The van der Waals surface area contributed by atoms with Gasteiger partial charge in [-0.15, -0.1) is 0 Å². The summed E-state index contributed by atoms with van der Waals surface area (Å²) in [5.74, 6) is 0.474. The second-order valence-corrected chi connectivity index (χ2v) is 6.72. The average Bonchev–Trinajstić information content (AvgIpc) is 2.84. The van der Waals surface area contributed by atoms with Gasteiger partial charge in [0.05, 0.1) is 12.0 Å². The minimum absolute atomic E-state index is 0.0714. The fourth-order valence-electron chi connectivity index (χ4n) is 2.32. The van der Waals surface area contributed by atoms with Crippen LogP contribution >= 0.6 is 0 Å². The maximum atomic E-state index is 11.7. The molecule has 1 aliphatic rings. The van der Waals surface area contributed by atoms with Crippen LogP contribution in [-0.2, 0) is 19.0 Å². The van der Waals surface area contributed by atoms with E-state index in [-0.39, 0.29) is 18.2 Å². The average molecular weight is 298 g/mol. The highest BCUT2D eigenvalue weighted by Gasteiger charge is 2.31. The molecule has 21 heavy (non-hydrogen) atoms. The van der Waals surface area contributed by atoms with Crippen molar-refractivity contribution in [2.24, 2.45) is 5.41 Å². The smallest absolute Gasteiger partial charge is 0.311 e. The summed E-state index contributed by atoms with van der Waals surface area (Å²) in [7, 11) is 0. The van der Waals surface area contributed by atoms with E-state index in [0.29, 0.717) is 19.0 Å². The first-order valence-corrected chi connectivity index (χ1v) is 7.91. The number of carbonyl (C=O) groups is 1. The third-order valence-electron chi connectivity index (χ3n) is 4.21. The molecule has 0 bridgehead atoms. The largest absolute Gasteiger partial charge is 0.490 e. The molecule has 0 spiro atoms. The van der Waals surface area contributed by atoms with Crippen LogP contribution in [0, 0.1) is 5.41 Å². The van der Waals surface area contributed by atoms with Crippen LogP contribution in [0.4, 0.5) is 0 Å². The molecule has 0 saturated heterocycles. The summed E-state index contributed by atoms with van der Waals surface area (Å²) in [6.45, 7) is 12.7. The van der Waals surface area contributed by atoms with Gasteiger partial charge in [-0.1, -0.05) is 13.5 Å². The van der Waals surface area contributed by atoms with E-state index in [4.69, 9.17) is 14.2 Å². The van der Waals surface area contributed by atoms with E-state index in [1.807, 2.05) is 20.8 Å². The first-order chi connectivity index (χ1) is 9.79. The predicted octanol–water partition coefficient (Wildman–Crippen LogP) is 3.85. The van der Waals surface area contributed by atoms with E-state index in [2.05, 4.69) is 13.5 Å². The molecule has 1 fully saturated rings. The van der Waals surface area contributed by atoms with Crippen LogP contribution in [-0.4, -0.2) is 31.4 Å². The first-order valence-electron chi connectivity index (χ1n) is 7.91. The van der Waals surface area contributed by atoms with Crippen LogP contribution in [0.1, 0.15) is 59.8 Å². The Morgan fingerprint density at radius 3 is 2.43 bits per heavy atom. The van der Waals surface area contributed by atoms with E-state index in [1.54, 1.807) is 0 Å². The van der Waals surface area contributed by atoms with Gasteiger partial charge < -0.3 is 14.2 Å². The summed E-state index contributed by atoms with van der Waals surface area (Å²) in [5.41, 5.74) is -0.498. The molecule has 122 valence electrons. The maximum Gasteiger partial charge on any atom is 0.311 e. The number of ether oxygens (including phenoxy) is 3. The normalized spacial score (nSPS) is 17.5. The van der Waals surface area contributed by atoms with Gasteiger partial charge >= 0.3 is 5.97 Å². The Kier molecular flexibility index (Phi) is 6.72. The molecule has 4 nitrogen and oxygen atoms in total. The first kappa shape index (κ1) is 18.0. The summed E-state index contributed by atoms with van der Waals surface area (Å²) in [5, 5.41) is 0.